The van der Waals surface area contributed by atoms with Crippen LogP contribution < -0.4 is 9.64 Å². The standard InChI is InChI=1S/C18H18N2O2/c1-22-17-10-5-9-16(13-17)20(12-6-11-19)14-18(21)15-7-3-2-4-8-15/h2-5,7-10,13H,6,12,14H2,1H3. The molecule has 4 nitrogen and oxygen atoms in total. The number of carbonyl (C=O) groups excluding carboxylic acids is 1. The summed E-state index contributed by atoms with van der Waals surface area (Å²) in [5.74, 6) is 0.757. The number of hydrogen-bond acceptors (Lipinski definition) is 4. The topological polar surface area (TPSA) is 53.3 Å². The highest BCUT2D eigenvalue weighted by Gasteiger charge is 2.13. The van der Waals surface area contributed by atoms with Gasteiger partial charge in [-0.3, -0.25) is 4.79 Å². The largest absolute Gasteiger partial charge is 0.497 e. The molecule has 0 aliphatic carbocycles. The molecule has 0 bridgehead atoms. The van der Waals surface area contributed by atoms with Crippen LogP contribution in [-0.4, -0.2) is 26.0 Å². The van der Waals surface area contributed by atoms with E-state index in [1.54, 1.807) is 19.2 Å². The van der Waals surface area contributed by atoms with Gasteiger partial charge in [0.1, 0.15) is 5.75 Å². The Morgan fingerprint density at radius 1 is 1.18 bits per heavy atom. The van der Waals surface area contributed by atoms with Crippen molar-refractivity contribution >= 4 is 11.5 Å². The predicted octanol–water partition coefficient (Wildman–Crippen LogP) is 3.30. The average Bonchev–Trinajstić information content (AvgIpc) is 2.59. The fourth-order valence-electron chi connectivity index (χ4n) is 2.18. The van der Waals surface area contributed by atoms with Gasteiger partial charge in [-0.15, -0.1) is 0 Å². The van der Waals surface area contributed by atoms with Crippen LogP contribution in [0.2, 0.25) is 0 Å². The molecular weight excluding hydrogens is 276 g/mol. The lowest BCUT2D eigenvalue weighted by Gasteiger charge is -2.23. The second-order valence-electron chi connectivity index (χ2n) is 4.82. The first-order valence-corrected chi connectivity index (χ1v) is 7.09. The molecule has 0 fully saturated rings. The Labute approximate surface area is 130 Å². The lowest BCUT2D eigenvalue weighted by Crippen LogP contribution is -2.30. The van der Waals surface area contributed by atoms with Crippen molar-refractivity contribution in [1.82, 2.24) is 0 Å². The van der Waals surface area contributed by atoms with E-state index in [0.29, 0.717) is 18.5 Å². The number of methoxy groups -OCH3 is 1. The maximum Gasteiger partial charge on any atom is 0.182 e. The molecule has 0 unspecified atom stereocenters. The first-order valence-electron chi connectivity index (χ1n) is 7.09. The quantitative estimate of drug-likeness (QED) is 0.735. The van der Waals surface area contributed by atoms with E-state index in [-0.39, 0.29) is 12.3 Å². The van der Waals surface area contributed by atoms with Crippen molar-refractivity contribution in [3.8, 4) is 11.8 Å². The van der Waals surface area contributed by atoms with Crippen LogP contribution in [0, 0.1) is 11.3 Å². The Kier molecular flexibility index (Phi) is 5.56. The summed E-state index contributed by atoms with van der Waals surface area (Å²) in [6.45, 7) is 0.737. The normalized spacial score (nSPS) is 9.82. The molecule has 0 radical (unpaired) electrons. The number of benzene rings is 2. The highest BCUT2D eigenvalue weighted by Crippen LogP contribution is 2.21. The number of ketones is 1. The molecule has 4 heteroatoms. The van der Waals surface area contributed by atoms with Gasteiger partial charge >= 0.3 is 0 Å². The minimum atomic E-state index is 0.0290. The Morgan fingerprint density at radius 3 is 2.64 bits per heavy atom. The molecule has 0 N–H and O–H groups in total. The van der Waals surface area contributed by atoms with Crippen molar-refractivity contribution in [1.29, 1.82) is 5.26 Å². The Morgan fingerprint density at radius 2 is 1.95 bits per heavy atom. The molecule has 0 saturated heterocycles. The average molecular weight is 294 g/mol. The summed E-state index contributed by atoms with van der Waals surface area (Å²) in [7, 11) is 1.61. The fourth-order valence-corrected chi connectivity index (χ4v) is 2.18. The lowest BCUT2D eigenvalue weighted by molar-refractivity contribution is 0.0999. The third-order valence-electron chi connectivity index (χ3n) is 3.34. The molecule has 0 spiro atoms. The van der Waals surface area contributed by atoms with E-state index in [2.05, 4.69) is 6.07 Å². The van der Waals surface area contributed by atoms with Crippen molar-refractivity contribution in [3.63, 3.8) is 0 Å². The summed E-state index contributed by atoms with van der Waals surface area (Å²) >= 11 is 0. The van der Waals surface area contributed by atoms with Crippen molar-refractivity contribution in [2.24, 2.45) is 0 Å². The number of nitriles is 1. The van der Waals surface area contributed by atoms with Crippen LogP contribution in [0.25, 0.3) is 0 Å². The van der Waals surface area contributed by atoms with Crippen LogP contribution in [0.1, 0.15) is 16.8 Å². The zero-order valence-electron chi connectivity index (χ0n) is 12.5. The highest BCUT2D eigenvalue weighted by atomic mass is 16.5. The van der Waals surface area contributed by atoms with Gasteiger partial charge in [0.15, 0.2) is 5.78 Å². The highest BCUT2D eigenvalue weighted by molar-refractivity contribution is 5.99. The van der Waals surface area contributed by atoms with Gasteiger partial charge in [-0.05, 0) is 12.1 Å². The lowest BCUT2D eigenvalue weighted by atomic mass is 10.1. The Hall–Kier alpha value is -2.80. The zero-order chi connectivity index (χ0) is 15.8. The van der Waals surface area contributed by atoms with Gasteiger partial charge in [0.25, 0.3) is 0 Å². The molecule has 112 valence electrons. The number of carbonyl (C=O) groups is 1. The number of hydrogen-bond donors (Lipinski definition) is 0. The van der Waals surface area contributed by atoms with E-state index < -0.39 is 0 Å². The van der Waals surface area contributed by atoms with Crippen LogP contribution >= 0.6 is 0 Å². The van der Waals surface area contributed by atoms with Gasteiger partial charge < -0.3 is 9.64 Å². The van der Waals surface area contributed by atoms with Crippen LogP contribution in [0.3, 0.4) is 0 Å². The van der Waals surface area contributed by atoms with E-state index in [1.807, 2.05) is 47.4 Å². The summed E-state index contributed by atoms with van der Waals surface area (Å²) in [6, 6.07) is 18.8. The van der Waals surface area contributed by atoms with Gasteiger partial charge in [0.2, 0.25) is 0 Å². The molecule has 0 saturated carbocycles. The van der Waals surface area contributed by atoms with Crippen molar-refractivity contribution in [2.45, 2.75) is 6.42 Å². The minimum Gasteiger partial charge on any atom is -0.497 e. The van der Waals surface area contributed by atoms with Crippen molar-refractivity contribution in [2.75, 3.05) is 25.1 Å². The molecule has 0 heterocycles. The number of rotatable bonds is 7. The first kappa shape index (κ1) is 15.6. The van der Waals surface area contributed by atoms with E-state index in [1.165, 1.54) is 0 Å². The predicted molar refractivity (Wildman–Crippen MR) is 86.2 cm³/mol. The molecule has 22 heavy (non-hydrogen) atoms. The molecule has 0 aliphatic rings. The van der Waals surface area contributed by atoms with Gasteiger partial charge in [-0.1, -0.05) is 36.4 Å². The molecule has 2 aromatic carbocycles. The molecule has 0 aliphatic heterocycles. The molecule has 2 rings (SSSR count). The molecule has 2 aromatic rings. The third kappa shape index (κ3) is 4.10. The first-order chi connectivity index (χ1) is 10.7. The van der Waals surface area contributed by atoms with Crippen molar-refractivity contribution < 1.29 is 9.53 Å². The summed E-state index contributed by atoms with van der Waals surface area (Å²) in [5, 5.41) is 8.83. The summed E-state index contributed by atoms with van der Waals surface area (Å²) in [6.07, 6.45) is 0.360. The molecular formula is C18H18N2O2. The number of nitrogens with zero attached hydrogens (tertiary/aromatic N) is 2. The van der Waals surface area contributed by atoms with Crippen LogP contribution in [0.15, 0.2) is 54.6 Å². The maximum absolute atomic E-state index is 12.4. The van der Waals surface area contributed by atoms with E-state index in [0.717, 1.165) is 11.4 Å². The SMILES string of the molecule is COc1cccc(N(CCC#N)CC(=O)c2ccccc2)c1. The van der Waals surface area contributed by atoms with Gasteiger partial charge in [0.05, 0.1) is 26.1 Å². The van der Waals surface area contributed by atoms with Gasteiger partial charge in [0, 0.05) is 23.9 Å². The van der Waals surface area contributed by atoms with Crippen molar-refractivity contribution in [3.05, 3.63) is 60.2 Å². The Bertz CT molecular complexity index is 662. The molecule has 0 amide bonds. The maximum atomic E-state index is 12.4. The Balaban J connectivity index is 2.19. The van der Waals surface area contributed by atoms with E-state index in [9.17, 15) is 4.79 Å². The van der Waals surface area contributed by atoms with Crippen LogP contribution in [0.5, 0.6) is 5.75 Å². The minimum absolute atomic E-state index is 0.0290. The summed E-state index contributed by atoms with van der Waals surface area (Å²) < 4.78 is 5.22. The van der Waals surface area contributed by atoms with Gasteiger partial charge in [-0.2, -0.15) is 5.26 Å². The number of anilines is 1. The summed E-state index contributed by atoms with van der Waals surface area (Å²) in [4.78, 5) is 14.3. The fraction of sp³-hybridized carbons (Fsp3) is 0.222. The van der Waals surface area contributed by atoms with E-state index >= 15 is 0 Å². The van der Waals surface area contributed by atoms with E-state index in [4.69, 9.17) is 10.00 Å². The zero-order valence-corrected chi connectivity index (χ0v) is 12.5. The van der Waals surface area contributed by atoms with Gasteiger partial charge in [-0.25, -0.2) is 0 Å². The smallest absolute Gasteiger partial charge is 0.182 e. The van der Waals surface area contributed by atoms with Crippen LogP contribution in [-0.2, 0) is 0 Å². The third-order valence-corrected chi connectivity index (χ3v) is 3.34. The number of ether oxygens (including phenoxy) is 1. The molecule has 0 atom stereocenters. The second-order valence-corrected chi connectivity index (χ2v) is 4.82. The second kappa shape index (κ2) is 7.84. The summed E-state index contributed by atoms with van der Waals surface area (Å²) in [5.41, 5.74) is 1.55. The van der Waals surface area contributed by atoms with Crippen LogP contribution in [0.4, 0.5) is 5.69 Å². The monoisotopic (exact) mass is 294 g/mol. The number of Topliss-reactive ketones (excluding diaryl/α,β-unsaturated/α-hetero) is 1. The molecule has 0 aromatic heterocycles.